The minimum atomic E-state index is -0.353. The lowest BCUT2D eigenvalue weighted by Gasteiger charge is -2.03. The lowest BCUT2D eigenvalue weighted by molar-refractivity contribution is -0.385. The summed E-state index contributed by atoms with van der Waals surface area (Å²) in [4.78, 5) is 10.6. The van der Waals surface area contributed by atoms with Gasteiger partial charge in [-0.1, -0.05) is 18.2 Å². The highest BCUT2D eigenvalue weighted by Gasteiger charge is 2.20. The molecule has 1 heterocycles. The van der Waals surface area contributed by atoms with E-state index in [0.717, 1.165) is 12.1 Å². The third-order valence-electron chi connectivity index (χ3n) is 3.38. The molecule has 0 amide bonds. The van der Waals surface area contributed by atoms with Gasteiger partial charge in [0.15, 0.2) is 0 Å². The van der Waals surface area contributed by atoms with Crippen LogP contribution in [0, 0.1) is 10.1 Å². The predicted octanol–water partition coefficient (Wildman–Crippen LogP) is 2.09. The Morgan fingerprint density at radius 1 is 1.40 bits per heavy atom. The normalized spacial score (nSPS) is 14.4. The van der Waals surface area contributed by atoms with E-state index in [-0.39, 0.29) is 10.6 Å². The smallest absolute Gasteiger partial charge is 0.274 e. The molecule has 6 heteroatoms. The molecule has 0 radical (unpaired) electrons. The molecule has 0 bridgehead atoms. The van der Waals surface area contributed by atoms with Gasteiger partial charge < -0.3 is 5.32 Å². The highest BCUT2D eigenvalue weighted by atomic mass is 16.6. The SMILES string of the molecule is O=[N+]([O-])c1ccccc1Cn1cc(CNC2CC2)cn1. The molecular weight excluding hydrogens is 256 g/mol. The third-order valence-corrected chi connectivity index (χ3v) is 3.38. The van der Waals surface area contributed by atoms with Crippen LogP contribution in [0.25, 0.3) is 0 Å². The zero-order valence-corrected chi connectivity index (χ0v) is 11.0. The minimum Gasteiger partial charge on any atom is -0.310 e. The second-order valence-corrected chi connectivity index (χ2v) is 5.09. The van der Waals surface area contributed by atoms with Gasteiger partial charge in [0.1, 0.15) is 0 Å². The van der Waals surface area contributed by atoms with Crippen molar-refractivity contribution in [2.24, 2.45) is 0 Å². The number of hydrogen-bond acceptors (Lipinski definition) is 4. The molecule has 1 aromatic carbocycles. The van der Waals surface area contributed by atoms with E-state index in [0.29, 0.717) is 18.2 Å². The monoisotopic (exact) mass is 272 g/mol. The van der Waals surface area contributed by atoms with Gasteiger partial charge in [-0.2, -0.15) is 5.10 Å². The summed E-state index contributed by atoms with van der Waals surface area (Å²) in [5, 5.41) is 18.6. The van der Waals surface area contributed by atoms with Crippen LogP contribution in [0.15, 0.2) is 36.7 Å². The summed E-state index contributed by atoms with van der Waals surface area (Å²) in [6, 6.07) is 7.43. The van der Waals surface area contributed by atoms with Gasteiger partial charge in [0, 0.05) is 30.4 Å². The summed E-state index contributed by atoms with van der Waals surface area (Å²) >= 11 is 0. The van der Waals surface area contributed by atoms with Gasteiger partial charge in [0.2, 0.25) is 0 Å². The molecule has 104 valence electrons. The maximum atomic E-state index is 11.0. The molecule has 0 atom stereocenters. The summed E-state index contributed by atoms with van der Waals surface area (Å²) in [6.45, 7) is 1.22. The topological polar surface area (TPSA) is 73.0 Å². The number of nitro benzene ring substituents is 1. The first-order valence-electron chi connectivity index (χ1n) is 6.69. The van der Waals surface area contributed by atoms with Gasteiger partial charge in [-0.25, -0.2) is 0 Å². The molecule has 1 aliphatic rings. The summed E-state index contributed by atoms with van der Waals surface area (Å²) in [6.07, 6.45) is 6.25. The van der Waals surface area contributed by atoms with Crippen LogP contribution < -0.4 is 5.32 Å². The quantitative estimate of drug-likeness (QED) is 0.645. The number of benzene rings is 1. The average Bonchev–Trinajstić information content (AvgIpc) is 3.17. The number of para-hydroxylation sites is 1. The second kappa shape index (κ2) is 5.42. The van der Waals surface area contributed by atoms with Crippen LogP contribution in [0.3, 0.4) is 0 Å². The molecule has 1 N–H and O–H groups in total. The number of hydrogen-bond donors (Lipinski definition) is 1. The van der Waals surface area contributed by atoms with Crippen molar-refractivity contribution in [2.75, 3.05) is 0 Å². The van der Waals surface area contributed by atoms with Crippen LogP contribution >= 0.6 is 0 Å². The van der Waals surface area contributed by atoms with Crippen LogP contribution in [0.2, 0.25) is 0 Å². The molecular formula is C14H16N4O2. The Morgan fingerprint density at radius 2 is 2.20 bits per heavy atom. The predicted molar refractivity (Wildman–Crippen MR) is 74.3 cm³/mol. The molecule has 1 fully saturated rings. The molecule has 2 aromatic rings. The lowest BCUT2D eigenvalue weighted by atomic mass is 10.2. The summed E-state index contributed by atoms with van der Waals surface area (Å²) in [5.41, 5.74) is 1.92. The summed E-state index contributed by atoms with van der Waals surface area (Å²) < 4.78 is 1.74. The Labute approximate surface area is 116 Å². The van der Waals surface area contributed by atoms with Gasteiger partial charge >= 0.3 is 0 Å². The van der Waals surface area contributed by atoms with Crippen molar-refractivity contribution in [3.63, 3.8) is 0 Å². The van der Waals surface area contributed by atoms with E-state index in [1.807, 2.05) is 12.4 Å². The van der Waals surface area contributed by atoms with E-state index in [9.17, 15) is 10.1 Å². The van der Waals surface area contributed by atoms with Gasteiger partial charge in [-0.3, -0.25) is 14.8 Å². The van der Waals surface area contributed by atoms with Crippen molar-refractivity contribution < 1.29 is 4.92 Å². The lowest BCUT2D eigenvalue weighted by Crippen LogP contribution is -2.14. The largest absolute Gasteiger partial charge is 0.310 e. The van der Waals surface area contributed by atoms with Crippen LogP contribution in [0.1, 0.15) is 24.0 Å². The van der Waals surface area contributed by atoms with E-state index in [1.165, 1.54) is 18.9 Å². The third kappa shape index (κ3) is 3.03. The fraction of sp³-hybridized carbons (Fsp3) is 0.357. The Balaban J connectivity index is 1.69. The first-order chi connectivity index (χ1) is 9.72. The number of nitro groups is 1. The Bertz CT molecular complexity index is 619. The van der Waals surface area contributed by atoms with Gasteiger partial charge in [-0.05, 0) is 12.8 Å². The standard InChI is InChI=1S/C14H16N4O2/c19-18(20)14-4-2-1-3-12(14)10-17-9-11(8-16-17)7-15-13-5-6-13/h1-4,8-9,13,15H,5-7,10H2. The maximum Gasteiger partial charge on any atom is 0.274 e. The van der Waals surface area contributed by atoms with E-state index in [1.54, 1.807) is 22.9 Å². The summed E-state index contributed by atoms with van der Waals surface area (Å²) in [5.74, 6) is 0. The highest BCUT2D eigenvalue weighted by Crippen LogP contribution is 2.20. The van der Waals surface area contributed by atoms with Gasteiger partial charge in [0.25, 0.3) is 5.69 Å². The van der Waals surface area contributed by atoms with Crippen LogP contribution in [0.5, 0.6) is 0 Å². The minimum absolute atomic E-state index is 0.139. The molecule has 0 saturated heterocycles. The van der Waals surface area contributed by atoms with Crippen LogP contribution in [0.4, 0.5) is 5.69 Å². The second-order valence-electron chi connectivity index (χ2n) is 5.09. The molecule has 1 saturated carbocycles. The molecule has 1 aromatic heterocycles. The fourth-order valence-corrected chi connectivity index (χ4v) is 2.13. The van der Waals surface area contributed by atoms with Crippen LogP contribution in [-0.4, -0.2) is 20.7 Å². The molecule has 6 nitrogen and oxygen atoms in total. The van der Waals surface area contributed by atoms with Crippen molar-refractivity contribution in [3.05, 3.63) is 57.9 Å². The Kier molecular flexibility index (Phi) is 3.47. The van der Waals surface area contributed by atoms with Crippen molar-refractivity contribution in [1.82, 2.24) is 15.1 Å². The molecule has 0 spiro atoms. The van der Waals surface area contributed by atoms with E-state index >= 15 is 0 Å². The van der Waals surface area contributed by atoms with Crippen molar-refractivity contribution in [2.45, 2.75) is 32.0 Å². The fourth-order valence-electron chi connectivity index (χ4n) is 2.13. The first-order valence-corrected chi connectivity index (χ1v) is 6.69. The molecule has 0 unspecified atom stereocenters. The summed E-state index contributed by atoms with van der Waals surface area (Å²) in [7, 11) is 0. The zero-order chi connectivity index (χ0) is 13.9. The highest BCUT2D eigenvalue weighted by molar-refractivity contribution is 5.39. The first kappa shape index (κ1) is 12.8. The molecule has 0 aliphatic heterocycles. The van der Waals surface area contributed by atoms with Crippen molar-refractivity contribution in [1.29, 1.82) is 0 Å². The van der Waals surface area contributed by atoms with Crippen LogP contribution in [-0.2, 0) is 13.1 Å². The van der Waals surface area contributed by atoms with Crippen molar-refractivity contribution >= 4 is 5.69 Å². The number of nitrogens with zero attached hydrogens (tertiary/aromatic N) is 3. The van der Waals surface area contributed by atoms with Gasteiger partial charge in [0.05, 0.1) is 23.2 Å². The Morgan fingerprint density at radius 3 is 2.95 bits per heavy atom. The molecule has 3 rings (SSSR count). The van der Waals surface area contributed by atoms with E-state index in [4.69, 9.17) is 0 Å². The zero-order valence-electron chi connectivity index (χ0n) is 11.0. The van der Waals surface area contributed by atoms with E-state index in [2.05, 4.69) is 10.4 Å². The Hall–Kier alpha value is -2.21. The maximum absolute atomic E-state index is 11.0. The average molecular weight is 272 g/mol. The van der Waals surface area contributed by atoms with Gasteiger partial charge in [-0.15, -0.1) is 0 Å². The number of aromatic nitrogens is 2. The number of rotatable bonds is 6. The van der Waals surface area contributed by atoms with E-state index < -0.39 is 0 Å². The molecule has 1 aliphatic carbocycles. The van der Waals surface area contributed by atoms with Crippen molar-refractivity contribution in [3.8, 4) is 0 Å². The number of nitrogens with one attached hydrogen (secondary N) is 1. The molecule has 20 heavy (non-hydrogen) atoms.